The van der Waals surface area contributed by atoms with Gasteiger partial charge in [-0.3, -0.25) is 9.69 Å². The molecule has 0 aromatic heterocycles. The summed E-state index contributed by atoms with van der Waals surface area (Å²) in [7, 11) is 0. The van der Waals surface area contributed by atoms with Crippen molar-refractivity contribution in [2.24, 2.45) is 5.10 Å². The van der Waals surface area contributed by atoms with Gasteiger partial charge in [-0.2, -0.15) is 5.10 Å². The molecule has 2 aliphatic rings. The second-order valence-corrected chi connectivity index (χ2v) is 9.53. The maximum Gasteiger partial charge on any atom is 0.317 e. The van der Waals surface area contributed by atoms with E-state index in [2.05, 4.69) is 10.2 Å². The topological polar surface area (TPSA) is 77.5 Å². The van der Waals surface area contributed by atoms with Gasteiger partial charge < -0.3 is 15.0 Å². The van der Waals surface area contributed by atoms with Gasteiger partial charge in [0, 0.05) is 54.8 Å². The molecular formula is C26H31Cl2N5O3. The number of nitrogens with one attached hydrogen (secondary N) is 1. The Morgan fingerprint density at radius 3 is 2.47 bits per heavy atom. The molecule has 3 amide bonds. The summed E-state index contributed by atoms with van der Waals surface area (Å²) in [6, 6.07) is 14.2. The molecule has 2 aromatic rings. The minimum absolute atomic E-state index is 0.101. The van der Waals surface area contributed by atoms with E-state index in [1.807, 2.05) is 43.3 Å². The van der Waals surface area contributed by atoms with Crippen LogP contribution in [0.5, 0.6) is 0 Å². The van der Waals surface area contributed by atoms with Crippen molar-refractivity contribution in [1.82, 2.24) is 20.1 Å². The lowest BCUT2D eigenvalue weighted by atomic mass is 9.98. The maximum absolute atomic E-state index is 13.7. The second-order valence-electron chi connectivity index (χ2n) is 8.72. The van der Waals surface area contributed by atoms with Crippen LogP contribution in [0.25, 0.3) is 0 Å². The van der Waals surface area contributed by atoms with Crippen molar-refractivity contribution < 1.29 is 14.3 Å². The Bertz CT molecular complexity index is 1110. The number of benzene rings is 2. The SMILES string of the molecule is CCNC(=O)N(CCN1CCOCC1)CC(=O)N1N=C(c2ccccc2Cl)CC1c1ccccc1Cl. The average Bonchev–Trinajstić information content (AvgIpc) is 3.33. The molecule has 10 heteroatoms. The molecule has 1 atom stereocenters. The Morgan fingerprint density at radius 2 is 1.78 bits per heavy atom. The number of urea groups is 1. The van der Waals surface area contributed by atoms with Crippen LogP contribution in [0.15, 0.2) is 53.6 Å². The number of carbonyl (C=O) groups excluding carboxylic acids is 2. The number of hydrazone groups is 1. The summed E-state index contributed by atoms with van der Waals surface area (Å²) in [5.41, 5.74) is 2.28. The van der Waals surface area contributed by atoms with E-state index in [-0.39, 0.29) is 18.5 Å². The summed E-state index contributed by atoms with van der Waals surface area (Å²) >= 11 is 13.0. The molecule has 0 radical (unpaired) electrons. The molecule has 2 aromatic carbocycles. The van der Waals surface area contributed by atoms with Crippen LogP contribution < -0.4 is 5.32 Å². The number of rotatable bonds is 8. The highest BCUT2D eigenvalue weighted by Gasteiger charge is 2.36. The predicted molar refractivity (Wildman–Crippen MR) is 142 cm³/mol. The predicted octanol–water partition coefficient (Wildman–Crippen LogP) is 4.03. The van der Waals surface area contributed by atoms with Crippen LogP contribution in [0, 0.1) is 0 Å². The van der Waals surface area contributed by atoms with Crippen LogP contribution in [-0.2, 0) is 9.53 Å². The average molecular weight is 532 g/mol. The molecule has 2 heterocycles. The minimum atomic E-state index is -0.396. The lowest BCUT2D eigenvalue weighted by Gasteiger charge is -2.31. The van der Waals surface area contributed by atoms with Crippen LogP contribution in [0.4, 0.5) is 4.79 Å². The number of amides is 3. The highest BCUT2D eigenvalue weighted by molar-refractivity contribution is 6.34. The molecule has 1 unspecified atom stereocenters. The molecule has 0 aliphatic carbocycles. The third-order valence-corrected chi connectivity index (χ3v) is 7.02. The van der Waals surface area contributed by atoms with E-state index in [9.17, 15) is 9.59 Å². The molecule has 0 bridgehead atoms. The summed E-state index contributed by atoms with van der Waals surface area (Å²) in [6.45, 7) is 6.28. The first-order valence-electron chi connectivity index (χ1n) is 12.2. The first-order chi connectivity index (χ1) is 17.5. The van der Waals surface area contributed by atoms with Crippen LogP contribution in [0.1, 0.15) is 30.5 Å². The standard InChI is InChI=1S/C26H31Cl2N5O3/c1-2-29-26(35)32(12-11-31-13-15-36-16-14-31)18-25(34)33-24(20-8-4-6-10-22(20)28)17-23(30-33)19-7-3-5-9-21(19)27/h3-10,24H,2,11-18H2,1H3,(H,29,35). The molecule has 0 spiro atoms. The van der Waals surface area contributed by atoms with Crippen molar-refractivity contribution >= 4 is 40.9 Å². The highest BCUT2D eigenvalue weighted by Crippen LogP contribution is 2.37. The van der Waals surface area contributed by atoms with Gasteiger partial charge >= 0.3 is 6.03 Å². The quantitative estimate of drug-likeness (QED) is 0.557. The summed E-state index contributed by atoms with van der Waals surface area (Å²) in [5, 5.41) is 10.1. The molecule has 1 saturated heterocycles. The molecule has 2 aliphatic heterocycles. The largest absolute Gasteiger partial charge is 0.379 e. The Morgan fingerprint density at radius 1 is 1.08 bits per heavy atom. The lowest BCUT2D eigenvalue weighted by Crippen LogP contribution is -2.49. The number of morpholine rings is 1. The fraction of sp³-hybridized carbons (Fsp3) is 0.423. The van der Waals surface area contributed by atoms with Crippen molar-refractivity contribution in [3.05, 3.63) is 69.7 Å². The van der Waals surface area contributed by atoms with Gasteiger partial charge in [-0.05, 0) is 24.6 Å². The maximum atomic E-state index is 13.7. The summed E-state index contributed by atoms with van der Waals surface area (Å²) < 4.78 is 5.41. The first kappa shape index (κ1) is 26.4. The van der Waals surface area contributed by atoms with Gasteiger partial charge in [0.15, 0.2) is 0 Å². The molecule has 4 rings (SSSR count). The number of halogens is 2. The lowest BCUT2D eigenvalue weighted by molar-refractivity contribution is -0.133. The van der Waals surface area contributed by atoms with Gasteiger partial charge in [-0.15, -0.1) is 0 Å². The van der Waals surface area contributed by atoms with Crippen LogP contribution in [0.3, 0.4) is 0 Å². The van der Waals surface area contributed by atoms with Crippen molar-refractivity contribution in [1.29, 1.82) is 0 Å². The first-order valence-corrected chi connectivity index (χ1v) is 12.9. The zero-order valence-electron chi connectivity index (χ0n) is 20.3. The third kappa shape index (κ3) is 6.37. The van der Waals surface area contributed by atoms with Gasteiger partial charge in [0.2, 0.25) is 0 Å². The minimum Gasteiger partial charge on any atom is -0.379 e. The summed E-state index contributed by atoms with van der Waals surface area (Å²) in [5.74, 6) is -0.282. The third-order valence-electron chi connectivity index (χ3n) is 6.35. The fourth-order valence-electron chi connectivity index (χ4n) is 4.42. The molecule has 192 valence electrons. The Labute approximate surface area is 221 Å². The highest BCUT2D eigenvalue weighted by atomic mass is 35.5. The molecule has 0 saturated carbocycles. The van der Waals surface area contributed by atoms with Crippen molar-refractivity contribution in [2.75, 3.05) is 52.5 Å². The Balaban J connectivity index is 1.57. The Hall–Kier alpha value is -2.65. The molecular weight excluding hydrogens is 501 g/mol. The van der Waals surface area contributed by atoms with Crippen LogP contribution in [0.2, 0.25) is 10.0 Å². The number of hydrogen-bond acceptors (Lipinski definition) is 5. The van der Waals surface area contributed by atoms with Gasteiger partial charge in [-0.25, -0.2) is 9.80 Å². The smallest absolute Gasteiger partial charge is 0.317 e. The van der Waals surface area contributed by atoms with E-state index in [1.54, 1.807) is 17.0 Å². The molecule has 1 N–H and O–H groups in total. The monoisotopic (exact) mass is 531 g/mol. The van der Waals surface area contributed by atoms with E-state index in [4.69, 9.17) is 33.0 Å². The zero-order valence-corrected chi connectivity index (χ0v) is 21.8. The number of ether oxygens (including phenoxy) is 1. The van der Waals surface area contributed by atoms with Gasteiger partial charge in [0.25, 0.3) is 5.91 Å². The fourth-order valence-corrected chi connectivity index (χ4v) is 4.93. The van der Waals surface area contributed by atoms with Gasteiger partial charge in [-0.1, -0.05) is 59.6 Å². The molecule has 36 heavy (non-hydrogen) atoms. The van der Waals surface area contributed by atoms with Crippen LogP contribution >= 0.6 is 23.2 Å². The van der Waals surface area contributed by atoms with Crippen LogP contribution in [-0.4, -0.2) is 84.9 Å². The van der Waals surface area contributed by atoms with E-state index < -0.39 is 6.04 Å². The number of carbonyl (C=O) groups is 2. The van der Waals surface area contributed by atoms with Crippen molar-refractivity contribution in [3.8, 4) is 0 Å². The summed E-state index contributed by atoms with van der Waals surface area (Å²) in [4.78, 5) is 30.3. The van der Waals surface area contributed by atoms with E-state index in [0.29, 0.717) is 55.0 Å². The Kier molecular flexibility index (Phi) is 9.20. The van der Waals surface area contributed by atoms with Gasteiger partial charge in [0.1, 0.15) is 6.54 Å². The van der Waals surface area contributed by atoms with Crippen molar-refractivity contribution in [3.63, 3.8) is 0 Å². The van der Waals surface area contributed by atoms with Crippen molar-refractivity contribution in [2.45, 2.75) is 19.4 Å². The molecule has 1 fully saturated rings. The van der Waals surface area contributed by atoms with E-state index in [0.717, 1.165) is 24.2 Å². The van der Waals surface area contributed by atoms with E-state index >= 15 is 0 Å². The normalized spacial score (nSPS) is 18.1. The van der Waals surface area contributed by atoms with E-state index in [1.165, 1.54) is 5.01 Å². The zero-order chi connectivity index (χ0) is 25.5. The summed E-state index contributed by atoms with van der Waals surface area (Å²) in [6.07, 6.45) is 0.466. The number of hydrogen-bond donors (Lipinski definition) is 1. The second kappa shape index (κ2) is 12.5. The number of nitrogens with zero attached hydrogens (tertiary/aromatic N) is 4. The molecule has 8 nitrogen and oxygen atoms in total. The van der Waals surface area contributed by atoms with Gasteiger partial charge in [0.05, 0.1) is 25.0 Å².